The van der Waals surface area contributed by atoms with Crippen LogP contribution in [0.25, 0.3) is 0 Å². The van der Waals surface area contributed by atoms with Crippen LogP contribution in [0.5, 0.6) is 0 Å². The predicted octanol–water partition coefficient (Wildman–Crippen LogP) is 1.29. The first-order chi connectivity index (χ1) is 9.04. The first-order valence-electron chi connectivity index (χ1n) is 5.03. The van der Waals surface area contributed by atoms with Gasteiger partial charge in [0.05, 0.1) is 0 Å². The van der Waals surface area contributed by atoms with E-state index < -0.39 is 26.3 Å². The van der Waals surface area contributed by atoms with E-state index in [1.807, 2.05) is 0 Å². The number of aromatic nitrogens is 2. The highest BCUT2D eigenvalue weighted by molar-refractivity contribution is 7.92. The molecule has 1 aromatic carbocycles. The number of hydrogen-bond donors (Lipinski definition) is 1. The van der Waals surface area contributed by atoms with Gasteiger partial charge in [0.1, 0.15) is 22.3 Å². The van der Waals surface area contributed by atoms with Crippen LogP contribution >= 0.6 is 0 Å². The van der Waals surface area contributed by atoms with Gasteiger partial charge in [-0.25, -0.2) is 27.5 Å². The fourth-order valence-electron chi connectivity index (χ4n) is 1.36. The lowest BCUT2D eigenvalue weighted by atomic mass is 10.2. The molecule has 96 valence electrons. The number of nitrogens with one attached hydrogen (secondary N) is 1. The number of halogens is 1. The van der Waals surface area contributed by atoms with E-state index in [2.05, 4.69) is 14.7 Å². The largest absolute Gasteiger partial charge is 0.265 e. The second kappa shape index (κ2) is 4.99. The minimum Gasteiger partial charge on any atom is -0.247 e. The molecular formula is C11H7FN4O2S. The lowest BCUT2D eigenvalue weighted by molar-refractivity contribution is 0.593. The molecule has 1 aromatic heterocycles. The summed E-state index contributed by atoms with van der Waals surface area (Å²) < 4.78 is 39.5. The predicted molar refractivity (Wildman–Crippen MR) is 64.0 cm³/mol. The lowest BCUT2D eigenvalue weighted by Gasteiger charge is -2.07. The molecule has 2 aromatic rings. The molecule has 2 rings (SSSR count). The van der Waals surface area contributed by atoms with Crippen LogP contribution in [0.2, 0.25) is 0 Å². The van der Waals surface area contributed by atoms with E-state index >= 15 is 0 Å². The van der Waals surface area contributed by atoms with Gasteiger partial charge in [-0.2, -0.15) is 5.26 Å². The zero-order valence-electron chi connectivity index (χ0n) is 9.41. The van der Waals surface area contributed by atoms with Crippen molar-refractivity contribution in [2.45, 2.75) is 4.90 Å². The molecule has 0 aliphatic heterocycles. The van der Waals surface area contributed by atoms with Gasteiger partial charge >= 0.3 is 0 Å². The number of anilines is 1. The number of hydrogen-bond acceptors (Lipinski definition) is 5. The third kappa shape index (κ3) is 2.66. The van der Waals surface area contributed by atoms with E-state index in [1.165, 1.54) is 30.6 Å². The number of rotatable bonds is 3. The van der Waals surface area contributed by atoms with Crippen molar-refractivity contribution in [3.8, 4) is 6.07 Å². The maximum absolute atomic E-state index is 13.4. The Kier molecular flexibility index (Phi) is 3.39. The molecule has 1 heterocycles. The quantitative estimate of drug-likeness (QED) is 0.912. The molecule has 1 N–H and O–H groups in total. The van der Waals surface area contributed by atoms with E-state index in [-0.39, 0.29) is 5.95 Å². The van der Waals surface area contributed by atoms with Crippen molar-refractivity contribution >= 4 is 16.0 Å². The Morgan fingerprint density at radius 3 is 2.53 bits per heavy atom. The van der Waals surface area contributed by atoms with E-state index in [0.717, 1.165) is 12.1 Å². The molecule has 0 amide bonds. The van der Waals surface area contributed by atoms with Gasteiger partial charge in [-0.05, 0) is 18.2 Å². The summed E-state index contributed by atoms with van der Waals surface area (Å²) >= 11 is 0. The molecule has 0 aliphatic rings. The van der Waals surface area contributed by atoms with Gasteiger partial charge in [-0.15, -0.1) is 0 Å². The summed E-state index contributed by atoms with van der Waals surface area (Å²) in [5, 5.41) is 8.82. The van der Waals surface area contributed by atoms with Crippen LogP contribution in [0.1, 0.15) is 5.56 Å². The zero-order valence-corrected chi connectivity index (χ0v) is 10.2. The van der Waals surface area contributed by atoms with E-state index in [4.69, 9.17) is 5.26 Å². The van der Waals surface area contributed by atoms with Gasteiger partial charge in [-0.1, -0.05) is 6.07 Å². The van der Waals surface area contributed by atoms with Crippen molar-refractivity contribution in [1.29, 1.82) is 5.26 Å². The number of sulfonamides is 1. The van der Waals surface area contributed by atoms with Crippen LogP contribution in [0.15, 0.2) is 41.6 Å². The molecule has 0 atom stereocenters. The Labute approximate surface area is 108 Å². The van der Waals surface area contributed by atoms with E-state index in [0.29, 0.717) is 0 Å². The van der Waals surface area contributed by atoms with Crippen molar-refractivity contribution in [2.24, 2.45) is 0 Å². The van der Waals surface area contributed by atoms with E-state index in [9.17, 15) is 12.8 Å². The smallest absolute Gasteiger partial charge is 0.247 e. The maximum atomic E-state index is 13.4. The molecule has 0 fully saturated rings. The van der Waals surface area contributed by atoms with Crippen molar-refractivity contribution < 1.29 is 12.8 Å². The van der Waals surface area contributed by atoms with Crippen LogP contribution in [0.4, 0.5) is 10.3 Å². The van der Waals surface area contributed by atoms with Gasteiger partial charge < -0.3 is 0 Å². The average molecular weight is 278 g/mol. The highest BCUT2D eigenvalue weighted by atomic mass is 32.2. The summed E-state index contributed by atoms with van der Waals surface area (Å²) in [5.41, 5.74) is -0.550. The Morgan fingerprint density at radius 1 is 1.21 bits per heavy atom. The first kappa shape index (κ1) is 12.9. The minimum absolute atomic E-state index is 0.157. The number of nitrogens with zero attached hydrogens (tertiary/aromatic N) is 3. The second-order valence-electron chi connectivity index (χ2n) is 3.40. The molecule has 0 aliphatic carbocycles. The molecule has 0 saturated carbocycles. The van der Waals surface area contributed by atoms with Crippen LogP contribution in [0, 0.1) is 17.1 Å². The van der Waals surface area contributed by atoms with Gasteiger partial charge in [0.25, 0.3) is 10.0 Å². The van der Waals surface area contributed by atoms with Gasteiger partial charge in [0, 0.05) is 12.4 Å². The van der Waals surface area contributed by atoms with E-state index in [1.54, 1.807) is 0 Å². The Bertz CT molecular complexity index is 741. The summed E-state index contributed by atoms with van der Waals surface area (Å²) in [6.07, 6.45) is 2.70. The number of benzene rings is 1. The van der Waals surface area contributed by atoms with Gasteiger partial charge in [0.15, 0.2) is 0 Å². The van der Waals surface area contributed by atoms with Crippen molar-refractivity contribution in [1.82, 2.24) is 9.97 Å². The zero-order chi connectivity index (χ0) is 13.9. The molecule has 8 heteroatoms. The van der Waals surface area contributed by atoms with Crippen molar-refractivity contribution in [2.75, 3.05) is 4.72 Å². The van der Waals surface area contributed by atoms with Crippen LogP contribution < -0.4 is 4.72 Å². The average Bonchev–Trinajstić information content (AvgIpc) is 2.39. The Morgan fingerprint density at radius 2 is 1.89 bits per heavy atom. The molecular weight excluding hydrogens is 271 g/mol. The van der Waals surface area contributed by atoms with Gasteiger partial charge in [0.2, 0.25) is 5.95 Å². The van der Waals surface area contributed by atoms with Crippen LogP contribution in [-0.2, 0) is 10.0 Å². The summed E-state index contributed by atoms with van der Waals surface area (Å²) in [4.78, 5) is 6.92. The molecule has 0 spiro atoms. The maximum Gasteiger partial charge on any atom is 0.265 e. The standard InChI is InChI=1S/C11H7FN4O2S/c12-9-3-1-4-10(8(9)7-13)19(17,18)16-11-14-5-2-6-15-11/h1-6H,(H,14,15,16). The topological polar surface area (TPSA) is 95.7 Å². The summed E-state index contributed by atoms with van der Waals surface area (Å²) in [6.45, 7) is 0. The van der Waals surface area contributed by atoms with Gasteiger partial charge in [-0.3, -0.25) is 0 Å². The molecule has 0 bridgehead atoms. The molecule has 0 radical (unpaired) electrons. The lowest BCUT2D eigenvalue weighted by Crippen LogP contribution is -2.16. The highest BCUT2D eigenvalue weighted by Crippen LogP contribution is 2.19. The Hall–Kier alpha value is -2.53. The monoisotopic (exact) mass is 278 g/mol. The highest BCUT2D eigenvalue weighted by Gasteiger charge is 2.21. The Balaban J connectivity index is 2.47. The molecule has 6 nitrogen and oxygen atoms in total. The fraction of sp³-hybridized carbons (Fsp3) is 0. The van der Waals surface area contributed by atoms with Crippen LogP contribution in [0.3, 0.4) is 0 Å². The summed E-state index contributed by atoms with van der Waals surface area (Å²) in [5.74, 6) is -1.06. The van der Waals surface area contributed by atoms with Crippen molar-refractivity contribution in [3.63, 3.8) is 0 Å². The van der Waals surface area contributed by atoms with Crippen LogP contribution in [-0.4, -0.2) is 18.4 Å². The third-order valence-corrected chi connectivity index (χ3v) is 3.54. The molecule has 0 saturated heterocycles. The summed E-state index contributed by atoms with van der Waals surface area (Å²) in [6, 6.07) is 6.38. The number of nitriles is 1. The minimum atomic E-state index is -4.12. The van der Waals surface area contributed by atoms with Crippen molar-refractivity contribution in [3.05, 3.63) is 48.0 Å². The SMILES string of the molecule is N#Cc1c(F)cccc1S(=O)(=O)Nc1ncccn1. The fourth-order valence-corrected chi connectivity index (χ4v) is 2.49. The first-order valence-corrected chi connectivity index (χ1v) is 6.51. The third-order valence-electron chi connectivity index (χ3n) is 2.17. The normalized spacial score (nSPS) is 10.7. The summed E-state index contributed by atoms with van der Waals surface area (Å²) in [7, 11) is -4.12. The molecule has 19 heavy (non-hydrogen) atoms. The second-order valence-corrected chi connectivity index (χ2v) is 5.05. The molecule has 0 unspecified atom stereocenters.